The normalized spacial score (nSPS) is 12.2. The van der Waals surface area contributed by atoms with Crippen LogP contribution < -0.4 is 10.0 Å². The van der Waals surface area contributed by atoms with Gasteiger partial charge in [0.25, 0.3) is 0 Å². The van der Waals surface area contributed by atoms with E-state index in [0.29, 0.717) is 23.3 Å². The lowest BCUT2D eigenvalue weighted by atomic mass is 10.3. The lowest BCUT2D eigenvalue weighted by Gasteiger charge is -2.05. The second-order valence-electron chi connectivity index (χ2n) is 5.15. The highest BCUT2D eigenvalue weighted by Gasteiger charge is 2.16. The Hall–Kier alpha value is -0.730. The highest BCUT2D eigenvalue weighted by molar-refractivity contribution is 7.91. The fourth-order valence-electron chi connectivity index (χ4n) is 1.73. The van der Waals surface area contributed by atoms with E-state index in [4.69, 9.17) is 0 Å². The van der Waals surface area contributed by atoms with Crippen LogP contribution in [0.5, 0.6) is 0 Å². The Morgan fingerprint density at radius 3 is 2.62 bits per heavy atom. The van der Waals surface area contributed by atoms with Gasteiger partial charge < -0.3 is 5.32 Å². The smallest absolute Gasteiger partial charge is 0.250 e. The Balaban J connectivity index is 1.99. The Bertz CT molecular complexity index is 687. The Kier molecular flexibility index (Phi) is 5.56. The van der Waals surface area contributed by atoms with Crippen molar-refractivity contribution in [1.82, 2.24) is 10.0 Å². The Morgan fingerprint density at radius 1 is 1.24 bits per heavy atom. The van der Waals surface area contributed by atoms with Gasteiger partial charge in [0.1, 0.15) is 4.21 Å². The van der Waals surface area contributed by atoms with E-state index in [2.05, 4.69) is 23.9 Å². The number of hydrogen-bond acceptors (Lipinski definition) is 5. The highest BCUT2D eigenvalue weighted by Crippen LogP contribution is 2.21. The van der Waals surface area contributed by atoms with Gasteiger partial charge in [0.2, 0.25) is 10.0 Å². The van der Waals surface area contributed by atoms with Crippen LogP contribution in [0.4, 0.5) is 0 Å². The molecule has 0 aliphatic rings. The molecule has 0 saturated carbocycles. The number of sulfonamides is 1. The molecule has 0 aliphatic carbocycles. The fourth-order valence-corrected chi connectivity index (χ4v) is 4.91. The zero-order valence-corrected chi connectivity index (χ0v) is 14.8. The van der Waals surface area contributed by atoms with Crippen LogP contribution in [0, 0.1) is 6.92 Å². The predicted molar refractivity (Wildman–Crippen MR) is 89.4 cm³/mol. The largest absolute Gasteiger partial charge is 0.310 e. The molecule has 0 spiro atoms. The molecule has 21 heavy (non-hydrogen) atoms. The number of rotatable bonds is 7. The zero-order valence-electron chi connectivity index (χ0n) is 12.3. The minimum absolute atomic E-state index is 0.346. The third-order valence-corrected chi connectivity index (χ3v) is 6.73. The third kappa shape index (κ3) is 4.89. The van der Waals surface area contributed by atoms with Gasteiger partial charge in [-0.15, -0.1) is 22.7 Å². The van der Waals surface area contributed by atoms with Crippen LogP contribution >= 0.6 is 22.7 Å². The molecule has 0 unspecified atom stereocenters. The zero-order chi connectivity index (χ0) is 15.5. The number of nitrogens with one attached hydrogen (secondary N) is 2. The van der Waals surface area contributed by atoms with Gasteiger partial charge in [0.15, 0.2) is 0 Å². The molecule has 7 heteroatoms. The van der Waals surface area contributed by atoms with Gasteiger partial charge in [0.05, 0.1) is 0 Å². The molecule has 2 N–H and O–H groups in total. The molecule has 2 aromatic rings. The molecular weight excluding hydrogens is 324 g/mol. The van der Waals surface area contributed by atoms with Gasteiger partial charge >= 0.3 is 0 Å². The van der Waals surface area contributed by atoms with Crippen LogP contribution in [-0.4, -0.2) is 14.5 Å². The molecule has 116 valence electrons. The second-order valence-corrected chi connectivity index (χ2v) is 9.42. The van der Waals surface area contributed by atoms with E-state index in [1.807, 2.05) is 24.4 Å². The number of hydrogen-bond donors (Lipinski definition) is 2. The van der Waals surface area contributed by atoms with E-state index in [0.717, 1.165) is 10.4 Å². The minimum atomic E-state index is -3.42. The van der Waals surface area contributed by atoms with Crippen molar-refractivity contribution in [2.45, 2.75) is 44.1 Å². The van der Waals surface area contributed by atoms with Crippen molar-refractivity contribution in [3.05, 3.63) is 38.9 Å². The van der Waals surface area contributed by atoms with Crippen molar-refractivity contribution in [1.29, 1.82) is 0 Å². The van der Waals surface area contributed by atoms with Gasteiger partial charge in [-0.1, -0.05) is 13.8 Å². The first-order valence-electron chi connectivity index (χ1n) is 6.72. The summed E-state index contributed by atoms with van der Waals surface area (Å²) >= 11 is 2.87. The summed E-state index contributed by atoms with van der Waals surface area (Å²) in [5, 5.41) is 5.17. The first-order chi connectivity index (χ1) is 9.87. The van der Waals surface area contributed by atoms with Crippen LogP contribution in [-0.2, 0) is 23.1 Å². The van der Waals surface area contributed by atoms with Crippen LogP contribution in [0.1, 0.15) is 29.2 Å². The average molecular weight is 345 g/mol. The van der Waals surface area contributed by atoms with Crippen LogP contribution in [0.2, 0.25) is 0 Å². The summed E-state index contributed by atoms with van der Waals surface area (Å²) in [5.74, 6) is 0. The molecular formula is C14H20N2O2S3. The van der Waals surface area contributed by atoms with Crippen molar-refractivity contribution in [2.24, 2.45) is 0 Å². The van der Waals surface area contributed by atoms with Crippen LogP contribution in [0.15, 0.2) is 27.8 Å². The lowest BCUT2D eigenvalue weighted by Crippen LogP contribution is -2.22. The van der Waals surface area contributed by atoms with Gasteiger partial charge in [-0.25, -0.2) is 13.1 Å². The molecule has 2 rings (SSSR count). The summed E-state index contributed by atoms with van der Waals surface area (Å²) < 4.78 is 27.5. The maximum atomic E-state index is 12.2. The molecule has 4 nitrogen and oxygen atoms in total. The van der Waals surface area contributed by atoms with Crippen molar-refractivity contribution in [3.63, 3.8) is 0 Å². The van der Waals surface area contributed by atoms with Gasteiger partial charge in [0, 0.05) is 28.9 Å². The average Bonchev–Trinajstić information content (AvgIpc) is 3.03. The topological polar surface area (TPSA) is 58.2 Å². The van der Waals surface area contributed by atoms with E-state index in [9.17, 15) is 8.42 Å². The first-order valence-corrected chi connectivity index (χ1v) is 9.90. The molecule has 0 aliphatic heterocycles. The van der Waals surface area contributed by atoms with Crippen molar-refractivity contribution in [2.75, 3.05) is 0 Å². The molecule has 0 bridgehead atoms. The van der Waals surface area contributed by atoms with Gasteiger partial charge in [-0.2, -0.15) is 0 Å². The molecule has 2 aromatic heterocycles. The molecule has 2 heterocycles. The summed E-state index contributed by atoms with van der Waals surface area (Å²) in [4.78, 5) is 2.21. The quantitative estimate of drug-likeness (QED) is 0.811. The van der Waals surface area contributed by atoms with Crippen LogP contribution in [0.3, 0.4) is 0 Å². The first kappa shape index (κ1) is 16.6. The van der Waals surface area contributed by atoms with Gasteiger partial charge in [-0.3, -0.25) is 0 Å². The summed E-state index contributed by atoms with van der Waals surface area (Å²) in [6.07, 6.45) is 0. The van der Waals surface area contributed by atoms with Gasteiger partial charge in [-0.05, 0) is 36.1 Å². The fraction of sp³-hybridized carbons (Fsp3) is 0.429. The van der Waals surface area contributed by atoms with E-state index in [-0.39, 0.29) is 0 Å². The molecule has 0 aromatic carbocycles. The summed E-state index contributed by atoms with van der Waals surface area (Å²) in [5.41, 5.74) is 1.00. The SMILES string of the molecule is Cc1ccc(CNS(=O)(=O)c2cc(CNC(C)C)cs2)s1. The molecule has 0 saturated heterocycles. The standard InChI is InChI=1S/C14H20N2O2S3/c1-10(2)15-7-12-6-14(19-9-12)21(17,18)16-8-13-5-4-11(3)20-13/h4-6,9-10,15-16H,7-8H2,1-3H3. The van der Waals surface area contributed by atoms with E-state index in [1.165, 1.54) is 16.2 Å². The Morgan fingerprint density at radius 2 is 2.00 bits per heavy atom. The monoisotopic (exact) mass is 344 g/mol. The second kappa shape index (κ2) is 7.02. The van der Waals surface area contributed by atoms with E-state index in [1.54, 1.807) is 17.4 Å². The van der Waals surface area contributed by atoms with Crippen molar-refractivity contribution >= 4 is 32.7 Å². The van der Waals surface area contributed by atoms with Crippen molar-refractivity contribution < 1.29 is 8.42 Å². The maximum Gasteiger partial charge on any atom is 0.250 e. The van der Waals surface area contributed by atoms with Crippen LogP contribution in [0.25, 0.3) is 0 Å². The molecule has 0 radical (unpaired) electrons. The number of thiophene rings is 2. The van der Waals surface area contributed by atoms with E-state index < -0.39 is 10.0 Å². The highest BCUT2D eigenvalue weighted by atomic mass is 32.2. The summed E-state index contributed by atoms with van der Waals surface area (Å²) in [6, 6.07) is 6.07. The van der Waals surface area contributed by atoms with Crippen molar-refractivity contribution in [3.8, 4) is 0 Å². The molecule has 0 atom stereocenters. The molecule has 0 fully saturated rings. The summed E-state index contributed by atoms with van der Waals surface area (Å²) in [6.45, 7) is 7.17. The predicted octanol–water partition coefficient (Wildman–Crippen LogP) is 3.09. The maximum absolute atomic E-state index is 12.2. The minimum Gasteiger partial charge on any atom is -0.310 e. The molecule has 0 amide bonds. The third-order valence-electron chi connectivity index (χ3n) is 2.84. The summed E-state index contributed by atoms with van der Waals surface area (Å²) in [7, 11) is -3.42. The number of aryl methyl sites for hydroxylation is 1. The van der Waals surface area contributed by atoms with E-state index >= 15 is 0 Å². The Labute approximate surface area is 134 Å². The lowest BCUT2D eigenvalue weighted by molar-refractivity contribution is 0.582.